The van der Waals surface area contributed by atoms with E-state index in [1.54, 1.807) is 0 Å². The van der Waals surface area contributed by atoms with Crippen LogP contribution in [0, 0.1) is 0 Å². The Kier molecular flexibility index (Phi) is 2.22. The highest BCUT2D eigenvalue weighted by atomic mass is 16.6. The summed E-state index contributed by atoms with van der Waals surface area (Å²) in [6.45, 7) is 1.32. The zero-order valence-electron chi connectivity index (χ0n) is 7.98. The average molecular weight is 214 g/mol. The number of carbonyl (C=O) groups excluding carboxylic acids is 3. The Labute approximate surface area is 85.1 Å². The van der Waals surface area contributed by atoms with E-state index >= 15 is 0 Å². The topological polar surface area (TPSA) is 93.7 Å². The SMILES string of the molecule is CC(=O)N[C@H]1C(=O)O[C@@H]2COC(=O)N[C@@H]21. The maximum Gasteiger partial charge on any atom is 0.407 e. The van der Waals surface area contributed by atoms with Crippen LogP contribution < -0.4 is 10.6 Å². The molecule has 0 bridgehead atoms. The van der Waals surface area contributed by atoms with Gasteiger partial charge in [-0.3, -0.25) is 4.79 Å². The molecule has 0 aromatic carbocycles. The molecule has 7 heteroatoms. The molecule has 2 fully saturated rings. The van der Waals surface area contributed by atoms with Crippen molar-refractivity contribution < 1.29 is 23.9 Å². The number of hydrogen-bond acceptors (Lipinski definition) is 5. The molecule has 2 rings (SSSR count). The van der Waals surface area contributed by atoms with Gasteiger partial charge < -0.3 is 20.1 Å². The summed E-state index contributed by atoms with van der Waals surface area (Å²) in [4.78, 5) is 33.1. The number of fused-ring (bicyclic) bond motifs is 1. The Hall–Kier alpha value is -1.79. The number of esters is 1. The van der Waals surface area contributed by atoms with Gasteiger partial charge in [0.15, 0.2) is 12.1 Å². The largest absolute Gasteiger partial charge is 0.455 e. The minimum absolute atomic E-state index is 0.0261. The van der Waals surface area contributed by atoms with Crippen LogP contribution in [-0.2, 0) is 19.1 Å². The van der Waals surface area contributed by atoms with Gasteiger partial charge in [-0.15, -0.1) is 0 Å². The first-order chi connectivity index (χ1) is 7.08. The molecule has 15 heavy (non-hydrogen) atoms. The predicted octanol–water partition coefficient (Wildman–Crippen LogP) is -1.48. The van der Waals surface area contributed by atoms with E-state index in [9.17, 15) is 14.4 Å². The number of amides is 2. The molecular formula is C8H10N2O5. The second-order valence-electron chi connectivity index (χ2n) is 3.42. The second-order valence-corrected chi connectivity index (χ2v) is 3.42. The van der Waals surface area contributed by atoms with E-state index in [2.05, 4.69) is 15.4 Å². The van der Waals surface area contributed by atoms with E-state index in [0.717, 1.165) is 0 Å². The Morgan fingerprint density at radius 2 is 2.27 bits per heavy atom. The van der Waals surface area contributed by atoms with Crippen molar-refractivity contribution in [2.24, 2.45) is 0 Å². The molecule has 2 aliphatic heterocycles. The van der Waals surface area contributed by atoms with E-state index in [1.165, 1.54) is 6.92 Å². The van der Waals surface area contributed by atoms with Gasteiger partial charge in [0.1, 0.15) is 12.6 Å². The molecule has 2 saturated heterocycles. The molecule has 2 aliphatic rings. The molecule has 0 aliphatic carbocycles. The summed E-state index contributed by atoms with van der Waals surface area (Å²) >= 11 is 0. The highest BCUT2D eigenvalue weighted by molar-refractivity contribution is 5.87. The predicted molar refractivity (Wildman–Crippen MR) is 45.8 cm³/mol. The highest BCUT2D eigenvalue weighted by Crippen LogP contribution is 2.19. The summed E-state index contributed by atoms with van der Waals surface area (Å²) in [5.74, 6) is -0.899. The quantitative estimate of drug-likeness (QED) is 0.519. The van der Waals surface area contributed by atoms with E-state index in [4.69, 9.17) is 4.74 Å². The first-order valence-corrected chi connectivity index (χ1v) is 4.49. The summed E-state index contributed by atoms with van der Waals surface area (Å²) in [7, 11) is 0. The number of rotatable bonds is 1. The van der Waals surface area contributed by atoms with Gasteiger partial charge in [-0.25, -0.2) is 9.59 Å². The fraction of sp³-hybridized carbons (Fsp3) is 0.625. The third-order valence-electron chi connectivity index (χ3n) is 2.30. The van der Waals surface area contributed by atoms with Crippen LogP contribution in [-0.4, -0.2) is 42.8 Å². The number of hydrogen-bond donors (Lipinski definition) is 2. The van der Waals surface area contributed by atoms with Gasteiger partial charge in [0.25, 0.3) is 0 Å². The van der Waals surface area contributed by atoms with Gasteiger partial charge in [0, 0.05) is 6.92 Å². The van der Waals surface area contributed by atoms with Gasteiger partial charge in [-0.1, -0.05) is 0 Å². The number of ether oxygens (including phenoxy) is 2. The standard InChI is InChI=1S/C8H10N2O5/c1-3(11)9-6-5-4(15-7(6)12)2-14-8(13)10-5/h4-6H,2H2,1H3,(H,9,11)(H,10,13)/t4-,5+,6-/m1/s1. The number of alkyl carbamates (subject to hydrolysis) is 1. The molecule has 82 valence electrons. The maximum atomic E-state index is 11.3. The lowest BCUT2D eigenvalue weighted by Crippen LogP contribution is -2.57. The fourth-order valence-corrected chi connectivity index (χ4v) is 1.67. The van der Waals surface area contributed by atoms with Gasteiger partial charge in [0.05, 0.1) is 0 Å². The highest BCUT2D eigenvalue weighted by Gasteiger charge is 2.48. The van der Waals surface area contributed by atoms with Gasteiger partial charge in [0.2, 0.25) is 5.91 Å². The fourth-order valence-electron chi connectivity index (χ4n) is 1.67. The van der Waals surface area contributed by atoms with Crippen LogP contribution in [0.3, 0.4) is 0 Å². The van der Waals surface area contributed by atoms with Crippen molar-refractivity contribution in [1.29, 1.82) is 0 Å². The molecule has 3 atom stereocenters. The lowest BCUT2D eigenvalue weighted by atomic mass is 10.1. The molecule has 0 spiro atoms. The summed E-state index contributed by atoms with van der Waals surface area (Å²) < 4.78 is 9.59. The lowest BCUT2D eigenvalue weighted by molar-refractivity contribution is -0.145. The molecule has 0 radical (unpaired) electrons. The molecule has 7 nitrogen and oxygen atoms in total. The number of carbonyl (C=O) groups is 3. The second kappa shape index (κ2) is 3.41. The lowest BCUT2D eigenvalue weighted by Gasteiger charge is -2.26. The molecule has 0 unspecified atom stereocenters. The van der Waals surface area contributed by atoms with Gasteiger partial charge >= 0.3 is 12.1 Å². The monoisotopic (exact) mass is 214 g/mol. The Morgan fingerprint density at radius 1 is 1.53 bits per heavy atom. The molecular weight excluding hydrogens is 204 g/mol. The van der Waals surface area contributed by atoms with Crippen LogP contribution in [0.25, 0.3) is 0 Å². The van der Waals surface area contributed by atoms with Crippen LogP contribution in [0.5, 0.6) is 0 Å². The average Bonchev–Trinajstić information content (AvgIpc) is 2.43. The minimum Gasteiger partial charge on any atom is -0.455 e. The Balaban J connectivity index is 2.12. The van der Waals surface area contributed by atoms with Crippen molar-refractivity contribution in [1.82, 2.24) is 10.6 Å². The molecule has 2 amide bonds. The smallest absolute Gasteiger partial charge is 0.407 e. The molecule has 2 heterocycles. The van der Waals surface area contributed by atoms with Gasteiger partial charge in [-0.2, -0.15) is 0 Å². The zero-order chi connectivity index (χ0) is 11.0. The number of nitrogens with one attached hydrogen (secondary N) is 2. The zero-order valence-corrected chi connectivity index (χ0v) is 7.98. The van der Waals surface area contributed by atoms with E-state index < -0.39 is 30.3 Å². The van der Waals surface area contributed by atoms with E-state index in [1.807, 2.05) is 0 Å². The van der Waals surface area contributed by atoms with E-state index in [0.29, 0.717) is 0 Å². The van der Waals surface area contributed by atoms with E-state index in [-0.39, 0.29) is 12.5 Å². The maximum absolute atomic E-state index is 11.3. The van der Waals surface area contributed by atoms with Crippen LogP contribution in [0.1, 0.15) is 6.92 Å². The van der Waals surface area contributed by atoms with Crippen molar-refractivity contribution in [3.05, 3.63) is 0 Å². The van der Waals surface area contributed by atoms with Crippen LogP contribution in [0.4, 0.5) is 4.79 Å². The van der Waals surface area contributed by atoms with Crippen LogP contribution >= 0.6 is 0 Å². The van der Waals surface area contributed by atoms with Crippen molar-refractivity contribution in [3.63, 3.8) is 0 Å². The van der Waals surface area contributed by atoms with Crippen LogP contribution in [0.2, 0.25) is 0 Å². The van der Waals surface area contributed by atoms with Crippen molar-refractivity contribution in [3.8, 4) is 0 Å². The summed E-state index contributed by atoms with van der Waals surface area (Å²) in [5, 5.41) is 4.87. The molecule has 0 saturated carbocycles. The summed E-state index contributed by atoms with van der Waals surface area (Å²) in [5.41, 5.74) is 0. The van der Waals surface area contributed by atoms with Crippen molar-refractivity contribution in [2.45, 2.75) is 25.1 Å². The minimum atomic E-state index is -0.819. The van der Waals surface area contributed by atoms with Gasteiger partial charge in [-0.05, 0) is 0 Å². The number of cyclic esters (lactones) is 1. The summed E-state index contributed by atoms with van der Waals surface area (Å²) in [6.07, 6.45) is -1.13. The Morgan fingerprint density at radius 3 is 2.93 bits per heavy atom. The van der Waals surface area contributed by atoms with Crippen molar-refractivity contribution >= 4 is 18.0 Å². The molecule has 2 N–H and O–H groups in total. The third kappa shape index (κ3) is 1.72. The first kappa shape index (κ1) is 9.75. The molecule has 0 aromatic heterocycles. The normalized spacial score (nSPS) is 33.5. The first-order valence-electron chi connectivity index (χ1n) is 4.49. The van der Waals surface area contributed by atoms with Crippen molar-refractivity contribution in [2.75, 3.05) is 6.61 Å². The summed E-state index contributed by atoms with van der Waals surface area (Å²) in [6, 6.07) is -1.36. The third-order valence-corrected chi connectivity index (χ3v) is 2.30. The van der Waals surface area contributed by atoms with Crippen LogP contribution in [0.15, 0.2) is 0 Å². The molecule has 0 aromatic rings. The Bertz CT molecular complexity index is 329.